The molecule has 0 saturated carbocycles. The molecule has 2 nitrogen and oxygen atoms in total. The Hall–Kier alpha value is -1.93. The zero-order valence-electron chi connectivity index (χ0n) is 11.2. The van der Waals surface area contributed by atoms with Crippen LogP contribution in [-0.2, 0) is 4.79 Å². The first-order chi connectivity index (χ1) is 9.16. The third kappa shape index (κ3) is 3.76. The van der Waals surface area contributed by atoms with E-state index in [-0.39, 0.29) is 11.8 Å². The monoisotopic (exact) mass is 253 g/mol. The van der Waals surface area contributed by atoms with Crippen LogP contribution in [0.5, 0.6) is 0 Å². The zero-order valence-corrected chi connectivity index (χ0v) is 11.2. The highest BCUT2D eigenvalue weighted by Gasteiger charge is 2.07. The molecule has 1 unspecified atom stereocenters. The summed E-state index contributed by atoms with van der Waals surface area (Å²) in [7, 11) is 0. The standard InChI is InChI=1S/C17H19NO/c1-13(19)7-12-17(18)16-10-8-15(9-11-16)14-5-3-2-4-6-14/h2-6,8-11,17H,7,12,18H2,1H3. The van der Waals surface area contributed by atoms with E-state index >= 15 is 0 Å². The number of benzene rings is 2. The number of nitrogens with two attached hydrogens (primary N) is 1. The van der Waals surface area contributed by atoms with Crippen LogP contribution in [0.2, 0.25) is 0 Å². The van der Waals surface area contributed by atoms with Crippen LogP contribution in [0.15, 0.2) is 54.6 Å². The van der Waals surface area contributed by atoms with Crippen molar-refractivity contribution < 1.29 is 4.79 Å². The van der Waals surface area contributed by atoms with Crippen LogP contribution in [0, 0.1) is 0 Å². The number of rotatable bonds is 5. The van der Waals surface area contributed by atoms with Crippen LogP contribution in [0.25, 0.3) is 11.1 Å². The molecule has 0 heterocycles. The van der Waals surface area contributed by atoms with E-state index in [1.807, 2.05) is 30.3 Å². The lowest BCUT2D eigenvalue weighted by atomic mass is 9.98. The molecule has 0 bridgehead atoms. The van der Waals surface area contributed by atoms with Gasteiger partial charge in [-0.05, 0) is 30.0 Å². The van der Waals surface area contributed by atoms with E-state index in [2.05, 4.69) is 24.3 Å². The van der Waals surface area contributed by atoms with E-state index in [0.29, 0.717) is 12.8 Å². The van der Waals surface area contributed by atoms with Crippen molar-refractivity contribution in [1.82, 2.24) is 0 Å². The molecule has 0 amide bonds. The first-order valence-corrected chi connectivity index (χ1v) is 6.57. The van der Waals surface area contributed by atoms with E-state index in [0.717, 1.165) is 5.56 Å². The molecule has 0 aliphatic rings. The van der Waals surface area contributed by atoms with E-state index in [1.54, 1.807) is 6.92 Å². The second-order valence-corrected chi connectivity index (χ2v) is 4.84. The highest BCUT2D eigenvalue weighted by atomic mass is 16.1. The minimum Gasteiger partial charge on any atom is -0.324 e. The van der Waals surface area contributed by atoms with Crippen molar-refractivity contribution in [2.24, 2.45) is 5.73 Å². The predicted octanol–water partition coefficient (Wildman–Crippen LogP) is 3.72. The van der Waals surface area contributed by atoms with Crippen molar-refractivity contribution >= 4 is 5.78 Å². The lowest BCUT2D eigenvalue weighted by molar-refractivity contribution is -0.117. The Balaban J connectivity index is 2.08. The van der Waals surface area contributed by atoms with E-state index < -0.39 is 0 Å². The summed E-state index contributed by atoms with van der Waals surface area (Å²) >= 11 is 0. The SMILES string of the molecule is CC(=O)CCC(N)c1ccc(-c2ccccc2)cc1. The highest BCUT2D eigenvalue weighted by Crippen LogP contribution is 2.22. The number of hydrogen-bond acceptors (Lipinski definition) is 2. The molecule has 2 aromatic carbocycles. The van der Waals surface area contributed by atoms with Gasteiger partial charge in [-0.15, -0.1) is 0 Å². The summed E-state index contributed by atoms with van der Waals surface area (Å²) in [6.07, 6.45) is 1.25. The number of hydrogen-bond donors (Lipinski definition) is 1. The lowest BCUT2D eigenvalue weighted by Crippen LogP contribution is -2.11. The molecule has 2 N–H and O–H groups in total. The lowest BCUT2D eigenvalue weighted by Gasteiger charge is -2.11. The third-order valence-corrected chi connectivity index (χ3v) is 3.25. The first kappa shape index (κ1) is 13.5. The summed E-state index contributed by atoms with van der Waals surface area (Å²) in [4.78, 5) is 11.0. The molecular formula is C17H19NO. The van der Waals surface area contributed by atoms with Crippen molar-refractivity contribution in [2.75, 3.05) is 0 Å². The second-order valence-electron chi connectivity index (χ2n) is 4.84. The summed E-state index contributed by atoms with van der Waals surface area (Å²) in [6.45, 7) is 1.60. The molecule has 98 valence electrons. The van der Waals surface area contributed by atoms with Crippen molar-refractivity contribution in [2.45, 2.75) is 25.8 Å². The quantitative estimate of drug-likeness (QED) is 0.882. The smallest absolute Gasteiger partial charge is 0.129 e. The molecular weight excluding hydrogens is 234 g/mol. The van der Waals surface area contributed by atoms with Gasteiger partial charge in [0.05, 0.1) is 0 Å². The van der Waals surface area contributed by atoms with Crippen molar-refractivity contribution in [3.8, 4) is 11.1 Å². The Kier molecular flexibility index (Phi) is 4.48. The first-order valence-electron chi connectivity index (χ1n) is 6.57. The molecule has 0 aliphatic carbocycles. The van der Waals surface area contributed by atoms with Gasteiger partial charge in [0.1, 0.15) is 5.78 Å². The van der Waals surface area contributed by atoms with Crippen LogP contribution in [0.1, 0.15) is 31.4 Å². The van der Waals surface area contributed by atoms with Crippen molar-refractivity contribution in [1.29, 1.82) is 0 Å². The Bertz CT molecular complexity index is 531. The molecule has 2 heteroatoms. The topological polar surface area (TPSA) is 43.1 Å². The fourth-order valence-electron chi connectivity index (χ4n) is 2.08. The Morgan fingerprint density at radius 2 is 1.58 bits per heavy atom. The molecule has 2 aromatic rings. The van der Waals surface area contributed by atoms with Gasteiger partial charge in [0.15, 0.2) is 0 Å². The Morgan fingerprint density at radius 3 is 2.16 bits per heavy atom. The van der Waals surface area contributed by atoms with Gasteiger partial charge in [0.25, 0.3) is 0 Å². The van der Waals surface area contributed by atoms with Gasteiger partial charge >= 0.3 is 0 Å². The average Bonchev–Trinajstić information content (AvgIpc) is 2.46. The minimum atomic E-state index is -0.0614. The number of Topliss-reactive ketones (excluding diaryl/α,β-unsaturated/α-hetero) is 1. The number of carbonyl (C=O) groups is 1. The largest absolute Gasteiger partial charge is 0.324 e. The van der Waals surface area contributed by atoms with E-state index in [9.17, 15) is 4.79 Å². The van der Waals surface area contributed by atoms with E-state index in [4.69, 9.17) is 5.73 Å². The predicted molar refractivity (Wildman–Crippen MR) is 78.7 cm³/mol. The summed E-state index contributed by atoms with van der Waals surface area (Å²) in [5, 5.41) is 0. The number of carbonyl (C=O) groups excluding carboxylic acids is 1. The summed E-state index contributed by atoms with van der Waals surface area (Å²) in [5.74, 6) is 0.191. The maximum atomic E-state index is 11.0. The van der Waals surface area contributed by atoms with Gasteiger partial charge in [0, 0.05) is 12.5 Å². The molecule has 0 aliphatic heterocycles. The molecule has 2 rings (SSSR count). The van der Waals surface area contributed by atoms with Crippen LogP contribution >= 0.6 is 0 Å². The minimum absolute atomic E-state index is 0.0614. The van der Waals surface area contributed by atoms with Gasteiger partial charge in [-0.3, -0.25) is 0 Å². The third-order valence-electron chi connectivity index (χ3n) is 3.25. The molecule has 0 spiro atoms. The fraction of sp³-hybridized carbons (Fsp3) is 0.235. The van der Waals surface area contributed by atoms with Crippen LogP contribution in [0.3, 0.4) is 0 Å². The summed E-state index contributed by atoms with van der Waals surface area (Å²) in [6, 6.07) is 18.4. The number of ketones is 1. The van der Waals surface area contributed by atoms with Gasteiger partial charge in [0.2, 0.25) is 0 Å². The average molecular weight is 253 g/mol. The fourth-order valence-corrected chi connectivity index (χ4v) is 2.08. The second kappa shape index (κ2) is 6.30. The normalized spacial score (nSPS) is 12.1. The molecule has 0 saturated heterocycles. The summed E-state index contributed by atoms with van der Waals surface area (Å²) < 4.78 is 0. The molecule has 19 heavy (non-hydrogen) atoms. The van der Waals surface area contributed by atoms with Gasteiger partial charge in [-0.1, -0.05) is 54.6 Å². The molecule has 0 aromatic heterocycles. The van der Waals surface area contributed by atoms with Gasteiger partial charge < -0.3 is 10.5 Å². The molecule has 0 fully saturated rings. The van der Waals surface area contributed by atoms with Crippen LogP contribution in [0.4, 0.5) is 0 Å². The van der Waals surface area contributed by atoms with Crippen LogP contribution < -0.4 is 5.73 Å². The van der Waals surface area contributed by atoms with Crippen molar-refractivity contribution in [3.05, 3.63) is 60.2 Å². The Morgan fingerprint density at radius 1 is 1.00 bits per heavy atom. The Labute approximate surface area is 114 Å². The van der Waals surface area contributed by atoms with Crippen molar-refractivity contribution in [3.63, 3.8) is 0 Å². The summed E-state index contributed by atoms with van der Waals surface area (Å²) in [5.41, 5.74) is 9.55. The zero-order chi connectivity index (χ0) is 13.7. The highest BCUT2D eigenvalue weighted by molar-refractivity contribution is 5.75. The maximum absolute atomic E-state index is 11.0. The van der Waals surface area contributed by atoms with Gasteiger partial charge in [-0.2, -0.15) is 0 Å². The van der Waals surface area contributed by atoms with E-state index in [1.165, 1.54) is 11.1 Å². The van der Waals surface area contributed by atoms with Crippen LogP contribution in [-0.4, -0.2) is 5.78 Å². The van der Waals surface area contributed by atoms with Gasteiger partial charge in [-0.25, -0.2) is 0 Å². The molecule has 0 radical (unpaired) electrons. The maximum Gasteiger partial charge on any atom is 0.129 e. The molecule has 1 atom stereocenters.